The molecule has 4 aliphatic heterocycles. The van der Waals surface area contributed by atoms with Crippen LogP contribution in [0.15, 0.2) is 35.2 Å². The van der Waals surface area contributed by atoms with Crippen molar-refractivity contribution in [1.29, 1.82) is 0 Å². The molecule has 0 aliphatic carbocycles. The summed E-state index contributed by atoms with van der Waals surface area (Å²) in [5.74, 6) is -0.400. The van der Waals surface area contributed by atoms with Crippen LogP contribution in [0.4, 0.5) is 0 Å². The number of hydrogen-bond acceptors (Lipinski definition) is 5. The Morgan fingerprint density at radius 1 is 1.22 bits per heavy atom. The van der Waals surface area contributed by atoms with Crippen molar-refractivity contribution in [3.8, 4) is 0 Å². The van der Waals surface area contributed by atoms with E-state index in [9.17, 15) is 13.2 Å². The Kier molecular flexibility index (Phi) is 3.48. The van der Waals surface area contributed by atoms with E-state index in [1.807, 2.05) is 0 Å². The first-order valence-corrected chi connectivity index (χ1v) is 9.32. The van der Waals surface area contributed by atoms with Gasteiger partial charge in [-0.3, -0.25) is 4.79 Å². The predicted octanol–water partition coefficient (Wildman–Crippen LogP) is 1.31. The molecule has 4 saturated heterocycles. The van der Waals surface area contributed by atoms with Gasteiger partial charge >= 0.3 is 5.97 Å². The zero-order valence-corrected chi connectivity index (χ0v) is 13.6. The summed E-state index contributed by atoms with van der Waals surface area (Å²) in [5, 5.41) is 0. The van der Waals surface area contributed by atoms with E-state index in [0.717, 1.165) is 0 Å². The predicted molar refractivity (Wildman–Crippen MR) is 81.1 cm³/mol. The maximum absolute atomic E-state index is 13.1. The average molecular weight is 337 g/mol. The van der Waals surface area contributed by atoms with E-state index >= 15 is 0 Å². The van der Waals surface area contributed by atoms with Crippen molar-refractivity contribution in [2.24, 2.45) is 0 Å². The molecule has 0 amide bonds. The summed E-state index contributed by atoms with van der Waals surface area (Å²) in [6, 6.07) is 8.04. The Labute approximate surface area is 135 Å². The minimum absolute atomic E-state index is 0.0674. The Bertz CT molecular complexity index is 719. The molecule has 0 radical (unpaired) electrons. The first-order valence-electron chi connectivity index (χ1n) is 7.88. The lowest BCUT2D eigenvalue weighted by atomic mass is 9.78. The highest BCUT2D eigenvalue weighted by Gasteiger charge is 2.58. The second-order valence-electron chi connectivity index (χ2n) is 6.45. The van der Waals surface area contributed by atoms with Crippen LogP contribution in [0.3, 0.4) is 0 Å². The Morgan fingerprint density at radius 3 is 2.65 bits per heavy atom. The van der Waals surface area contributed by atoms with Crippen molar-refractivity contribution in [3.05, 3.63) is 30.3 Å². The van der Waals surface area contributed by atoms with Gasteiger partial charge in [0.2, 0.25) is 10.0 Å². The maximum Gasteiger partial charge on any atom is 0.303 e. The van der Waals surface area contributed by atoms with Crippen LogP contribution in [-0.2, 0) is 24.3 Å². The highest BCUT2D eigenvalue weighted by molar-refractivity contribution is 7.89. The number of carbonyl (C=O) groups is 1. The van der Waals surface area contributed by atoms with Gasteiger partial charge in [0, 0.05) is 13.0 Å². The molecule has 5 rings (SSSR count). The molecule has 4 bridgehead atoms. The summed E-state index contributed by atoms with van der Waals surface area (Å²) in [7, 11) is -3.61. The molecule has 5 atom stereocenters. The maximum atomic E-state index is 13.1. The number of nitrogens with zero attached hydrogens (tertiary/aromatic N) is 1. The molecular weight excluding hydrogens is 318 g/mol. The van der Waals surface area contributed by atoms with Crippen LogP contribution in [0, 0.1) is 0 Å². The normalized spacial score (nSPS) is 36.1. The van der Waals surface area contributed by atoms with Crippen molar-refractivity contribution in [2.75, 3.05) is 0 Å². The highest BCUT2D eigenvalue weighted by Crippen LogP contribution is 2.46. The molecule has 124 valence electrons. The summed E-state index contributed by atoms with van der Waals surface area (Å²) in [6.07, 6.45) is 1.24. The number of sulfonamides is 1. The molecule has 1 aromatic rings. The van der Waals surface area contributed by atoms with Crippen molar-refractivity contribution in [1.82, 2.24) is 4.31 Å². The van der Waals surface area contributed by atoms with E-state index in [1.54, 1.807) is 34.6 Å². The van der Waals surface area contributed by atoms with Crippen LogP contribution in [0.2, 0.25) is 0 Å². The lowest BCUT2D eigenvalue weighted by Crippen LogP contribution is -2.70. The first-order chi connectivity index (χ1) is 11.0. The molecule has 0 saturated carbocycles. The van der Waals surface area contributed by atoms with E-state index in [0.29, 0.717) is 19.3 Å². The van der Waals surface area contributed by atoms with E-state index in [-0.39, 0.29) is 29.2 Å². The fourth-order valence-electron chi connectivity index (χ4n) is 4.20. The third-order valence-corrected chi connectivity index (χ3v) is 6.96. The van der Waals surface area contributed by atoms with Gasteiger partial charge in [0.25, 0.3) is 0 Å². The van der Waals surface area contributed by atoms with Crippen molar-refractivity contribution in [3.63, 3.8) is 0 Å². The Balaban J connectivity index is 1.72. The molecule has 0 aromatic heterocycles. The van der Waals surface area contributed by atoms with Gasteiger partial charge in [0.15, 0.2) is 0 Å². The zero-order valence-electron chi connectivity index (χ0n) is 12.8. The molecule has 1 aromatic carbocycles. The fraction of sp³-hybridized carbons (Fsp3) is 0.562. The van der Waals surface area contributed by atoms with Crippen LogP contribution in [0.25, 0.3) is 0 Å². The minimum atomic E-state index is -3.61. The standard InChI is InChI=1S/C16H19NO5S/c1-10(18)21-16-14-9-12-7-11(8-15(16)22-12)17(14)23(19,20)13-5-3-2-4-6-13/h2-6,11-12,14-16H,7-9H2,1H3/t11-,12-,14+,15+,16+/m0/s1. The topological polar surface area (TPSA) is 72.9 Å². The molecule has 7 heteroatoms. The smallest absolute Gasteiger partial charge is 0.303 e. The zero-order chi connectivity index (χ0) is 16.2. The Hall–Kier alpha value is -1.44. The molecule has 6 nitrogen and oxygen atoms in total. The second-order valence-corrected chi connectivity index (χ2v) is 8.29. The summed E-state index contributed by atoms with van der Waals surface area (Å²) in [4.78, 5) is 11.7. The van der Waals surface area contributed by atoms with Crippen LogP contribution >= 0.6 is 0 Å². The largest absolute Gasteiger partial charge is 0.458 e. The van der Waals surface area contributed by atoms with Crippen LogP contribution in [0.5, 0.6) is 0 Å². The van der Waals surface area contributed by atoms with E-state index in [4.69, 9.17) is 9.47 Å². The number of ether oxygens (including phenoxy) is 2. The summed E-state index contributed by atoms with van der Waals surface area (Å²) in [6.45, 7) is 1.35. The monoisotopic (exact) mass is 337 g/mol. The van der Waals surface area contributed by atoms with Crippen LogP contribution in [0.1, 0.15) is 26.2 Å². The van der Waals surface area contributed by atoms with Gasteiger partial charge in [-0.05, 0) is 31.4 Å². The molecule has 0 spiro atoms. The van der Waals surface area contributed by atoms with Crippen molar-refractivity contribution in [2.45, 2.75) is 61.5 Å². The van der Waals surface area contributed by atoms with Gasteiger partial charge in [-0.2, -0.15) is 4.31 Å². The van der Waals surface area contributed by atoms with E-state index in [1.165, 1.54) is 6.92 Å². The quantitative estimate of drug-likeness (QED) is 0.778. The summed E-state index contributed by atoms with van der Waals surface area (Å²) >= 11 is 0. The highest BCUT2D eigenvalue weighted by atomic mass is 32.2. The lowest BCUT2D eigenvalue weighted by molar-refractivity contribution is -0.227. The molecule has 4 fully saturated rings. The van der Waals surface area contributed by atoms with Gasteiger partial charge in [0.05, 0.1) is 23.1 Å². The average Bonchev–Trinajstić information content (AvgIpc) is 2.51. The third-order valence-electron chi connectivity index (χ3n) is 4.96. The van der Waals surface area contributed by atoms with Gasteiger partial charge < -0.3 is 9.47 Å². The third kappa shape index (κ3) is 2.38. The summed E-state index contributed by atoms with van der Waals surface area (Å²) in [5.41, 5.74) is 0. The van der Waals surface area contributed by atoms with Gasteiger partial charge in [-0.25, -0.2) is 8.42 Å². The van der Waals surface area contributed by atoms with Crippen LogP contribution < -0.4 is 0 Å². The fourth-order valence-corrected chi connectivity index (χ4v) is 6.07. The number of benzene rings is 1. The SMILES string of the molecule is CC(=O)O[C@@H]1[C@H]2C[C@@H]3C[C@@H](C[C@H]1O3)N2S(=O)(=O)c1ccccc1. The van der Waals surface area contributed by atoms with Crippen LogP contribution in [-0.4, -0.2) is 49.1 Å². The van der Waals surface area contributed by atoms with Gasteiger partial charge in [0.1, 0.15) is 6.10 Å². The molecule has 0 N–H and O–H groups in total. The number of rotatable bonds is 3. The number of piperidine rings is 2. The number of hydrogen-bond donors (Lipinski definition) is 0. The van der Waals surface area contributed by atoms with E-state index < -0.39 is 22.1 Å². The van der Waals surface area contributed by atoms with Gasteiger partial charge in [-0.1, -0.05) is 18.2 Å². The molecule has 4 aliphatic rings. The minimum Gasteiger partial charge on any atom is -0.458 e. The van der Waals surface area contributed by atoms with Gasteiger partial charge in [-0.15, -0.1) is 0 Å². The van der Waals surface area contributed by atoms with Crippen molar-refractivity contribution < 1.29 is 22.7 Å². The number of esters is 1. The molecule has 23 heavy (non-hydrogen) atoms. The second kappa shape index (κ2) is 5.29. The Morgan fingerprint density at radius 2 is 1.96 bits per heavy atom. The molecular formula is C16H19NO5S. The summed E-state index contributed by atoms with van der Waals surface area (Å²) < 4.78 is 39.1. The van der Waals surface area contributed by atoms with Crippen molar-refractivity contribution >= 4 is 16.0 Å². The number of carbonyl (C=O) groups excluding carboxylic acids is 1. The van der Waals surface area contributed by atoms with E-state index in [2.05, 4.69) is 0 Å². The lowest BCUT2D eigenvalue weighted by Gasteiger charge is -2.57. The molecule has 0 unspecified atom stereocenters. The molecule has 4 heterocycles. The first kappa shape index (κ1) is 15.1.